The first-order valence-electron chi connectivity index (χ1n) is 7.33. The van der Waals surface area contributed by atoms with E-state index in [0.717, 1.165) is 13.0 Å². The smallest absolute Gasteiger partial charge is 0.326 e. The number of hydrogen-bond acceptors (Lipinski definition) is 3. The Morgan fingerprint density at radius 3 is 2.50 bits per heavy atom. The van der Waals surface area contributed by atoms with Crippen molar-refractivity contribution in [3.63, 3.8) is 0 Å². The van der Waals surface area contributed by atoms with Crippen LogP contribution in [0.3, 0.4) is 0 Å². The lowest BCUT2D eigenvalue weighted by Gasteiger charge is -2.39. The molecule has 0 radical (unpaired) electrons. The Morgan fingerprint density at radius 1 is 1.35 bits per heavy atom. The highest BCUT2D eigenvalue weighted by Crippen LogP contribution is 2.12. The van der Waals surface area contributed by atoms with E-state index < -0.39 is 12.0 Å². The highest BCUT2D eigenvalue weighted by Gasteiger charge is 2.29. The number of carboxylic acid groups (broad SMARTS) is 1. The van der Waals surface area contributed by atoms with E-state index in [-0.39, 0.29) is 11.9 Å². The van der Waals surface area contributed by atoms with E-state index in [1.165, 1.54) is 0 Å². The average molecular weight is 285 g/mol. The Kier molecular flexibility index (Phi) is 6.26. The number of nitrogens with one attached hydrogen (secondary N) is 1. The Morgan fingerprint density at radius 2 is 2.00 bits per heavy atom. The standard InChI is InChI=1S/C14H27N3O3/c1-5-11-9-17(7-6-16(11)4)14(20)15-12(13(18)19)8-10(2)3/h10-12H,5-9H2,1-4H3,(H,15,20)(H,18,19)/t11?,12-/m1/s1. The third-order valence-electron chi connectivity index (χ3n) is 3.84. The lowest BCUT2D eigenvalue weighted by atomic mass is 10.0. The summed E-state index contributed by atoms with van der Waals surface area (Å²) in [6.45, 7) is 8.13. The maximum Gasteiger partial charge on any atom is 0.326 e. The summed E-state index contributed by atoms with van der Waals surface area (Å²) in [6, 6.07) is -0.713. The Bertz CT molecular complexity index is 347. The molecule has 1 fully saturated rings. The SMILES string of the molecule is CCC1CN(C(=O)N[C@H](CC(C)C)C(=O)O)CCN1C. The molecule has 20 heavy (non-hydrogen) atoms. The molecular formula is C14H27N3O3. The molecular weight excluding hydrogens is 258 g/mol. The van der Waals surface area contributed by atoms with Crippen molar-refractivity contribution in [1.82, 2.24) is 15.1 Å². The molecule has 0 bridgehead atoms. The number of piperazine rings is 1. The van der Waals surface area contributed by atoms with Gasteiger partial charge in [0.1, 0.15) is 6.04 Å². The zero-order valence-electron chi connectivity index (χ0n) is 12.9. The van der Waals surface area contributed by atoms with Crippen molar-refractivity contribution < 1.29 is 14.7 Å². The van der Waals surface area contributed by atoms with Crippen LogP contribution in [-0.2, 0) is 4.79 Å². The van der Waals surface area contributed by atoms with Gasteiger partial charge in [-0.2, -0.15) is 0 Å². The average Bonchev–Trinajstić information content (AvgIpc) is 2.37. The second kappa shape index (κ2) is 7.47. The molecule has 1 aliphatic rings. The van der Waals surface area contributed by atoms with Crippen LogP contribution in [0.5, 0.6) is 0 Å². The topological polar surface area (TPSA) is 72.9 Å². The number of carbonyl (C=O) groups is 2. The fourth-order valence-corrected chi connectivity index (χ4v) is 2.50. The Hall–Kier alpha value is -1.30. The number of aliphatic carboxylic acids is 1. The molecule has 2 N–H and O–H groups in total. The molecule has 116 valence electrons. The van der Waals surface area contributed by atoms with Gasteiger partial charge in [0, 0.05) is 25.7 Å². The van der Waals surface area contributed by atoms with Gasteiger partial charge in [0.25, 0.3) is 0 Å². The molecule has 1 saturated heterocycles. The fraction of sp³-hybridized carbons (Fsp3) is 0.857. The first kappa shape index (κ1) is 16.8. The molecule has 1 unspecified atom stereocenters. The Labute approximate surface area is 121 Å². The lowest BCUT2D eigenvalue weighted by molar-refractivity contribution is -0.139. The maximum absolute atomic E-state index is 12.2. The Balaban J connectivity index is 2.58. The molecule has 0 aliphatic carbocycles. The number of amides is 2. The second-order valence-corrected chi connectivity index (χ2v) is 5.96. The fourth-order valence-electron chi connectivity index (χ4n) is 2.50. The van der Waals surface area contributed by atoms with E-state index in [2.05, 4.69) is 24.2 Å². The largest absolute Gasteiger partial charge is 0.480 e. The summed E-state index contributed by atoms with van der Waals surface area (Å²) in [5.74, 6) is -0.736. The van der Waals surface area contributed by atoms with E-state index >= 15 is 0 Å². The monoisotopic (exact) mass is 285 g/mol. The third kappa shape index (κ3) is 4.67. The van der Waals surface area contributed by atoms with Crippen LogP contribution in [0.25, 0.3) is 0 Å². The number of urea groups is 1. The van der Waals surface area contributed by atoms with Crippen LogP contribution in [-0.4, -0.2) is 65.7 Å². The van der Waals surface area contributed by atoms with Crippen LogP contribution in [0.4, 0.5) is 4.79 Å². The third-order valence-corrected chi connectivity index (χ3v) is 3.84. The predicted octanol–water partition coefficient (Wildman–Crippen LogP) is 1.22. The highest BCUT2D eigenvalue weighted by atomic mass is 16.4. The summed E-state index contributed by atoms with van der Waals surface area (Å²) in [5, 5.41) is 11.8. The van der Waals surface area contributed by atoms with E-state index in [1.54, 1.807) is 4.90 Å². The molecule has 0 aromatic rings. The van der Waals surface area contributed by atoms with Crippen molar-refractivity contribution in [1.29, 1.82) is 0 Å². The van der Waals surface area contributed by atoms with Gasteiger partial charge in [-0.25, -0.2) is 9.59 Å². The van der Waals surface area contributed by atoms with Gasteiger partial charge in [-0.15, -0.1) is 0 Å². The van der Waals surface area contributed by atoms with Crippen LogP contribution >= 0.6 is 0 Å². The molecule has 2 amide bonds. The molecule has 0 spiro atoms. The summed E-state index contributed by atoms with van der Waals surface area (Å²) in [6.07, 6.45) is 1.43. The molecule has 0 aromatic heterocycles. The number of rotatable bonds is 5. The normalized spacial score (nSPS) is 21.9. The molecule has 1 aliphatic heterocycles. The molecule has 6 heteroatoms. The molecule has 0 aromatic carbocycles. The highest BCUT2D eigenvalue weighted by molar-refractivity contribution is 5.82. The minimum absolute atomic E-state index is 0.229. The van der Waals surface area contributed by atoms with Crippen LogP contribution in [0, 0.1) is 5.92 Å². The summed E-state index contributed by atoms with van der Waals surface area (Å²) in [7, 11) is 2.06. The zero-order valence-corrected chi connectivity index (χ0v) is 12.9. The van der Waals surface area contributed by atoms with Crippen LogP contribution in [0.15, 0.2) is 0 Å². The van der Waals surface area contributed by atoms with Gasteiger partial charge in [-0.1, -0.05) is 20.8 Å². The maximum atomic E-state index is 12.2. The van der Waals surface area contributed by atoms with Crippen molar-refractivity contribution in [2.24, 2.45) is 5.92 Å². The zero-order chi connectivity index (χ0) is 15.3. The van der Waals surface area contributed by atoms with Crippen LogP contribution in [0.2, 0.25) is 0 Å². The van der Waals surface area contributed by atoms with E-state index in [0.29, 0.717) is 25.6 Å². The van der Waals surface area contributed by atoms with Gasteiger partial charge in [0.05, 0.1) is 0 Å². The minimum Gasteiger partial charge on any atom is -0.480 e. The predicted molar refractivity (Wildman–Crippen MR) is 77.7 cm³/mol. The van der Waals surface area contributed by atoms with Gasteiger partial charge in [0.2, 0.25) is 0 Å². The van der Waals surface area contributed by atoms with E-state index in [1.807, 2.05) is 13.8 Å². The number of likely N-dealkylation sites (N-methyl/N-ethyl adjacent to an activating group) is 1. The van der Waals surface area contributed by atoms with Gasteiger partial charge < -0.3 is 15.3 Å². The molecule has 0 saturated carbocycles. The quantitative estimate of drug-likeness (QED) is 0.796. The summed E-state index contributed by atoms with van der Waals surface area (Å²) < 4.78 is 0. The van der Waals surface area contributed by atoms with Crippen LogP contribution in [0.1, 0.15) is 33.6 Å². The van der Waals surface area contributed by atoms with Gasteiger partial charge in [-0.05, 0) is 25.8 Å². The van der Waals surface area contributed by atoms with Gasteiger partial charge >= 0.3 is 12.0 Å². The van der Waals surface area contributed by atoms with E-state index in [4.69, 9.17) is 5.11 Å². The number of hydrogen-bond donors (Lipinski definition) is 2. The number of carbonyl (C=O) groups excluding carboxylic acids is 1. The first-order chi connectivity index (χ1) is 9.35. The van der Waals surface area contributed by atoms with Crippen LogP contribution < -0.4 is 5.32 Å². The number of nitrogens with zero attached hydrogens (tertiary/aromatic N) is 2. The molecule has 1 heterocycles. The van der Waals surface area contributed by atoms with Crippen molar-refractivity contribution in [2.45, 2.75) is 45.7 Å². The minimum atomic E-state index is -0.965. The summed E-state index contributed by atoms with van der Waals surface area (Å²) >= 11 is 0. The second-order valence-electron chi connectivity index (χ2n) is 5.96. The van der Waals surface area contributed by atoms with E-state index in [9.17, 15) is 9.59 Å². The lowest BCUT2D eigenvalue weighted by Crippen LogP contribution is -2.57. The van der Waals surface area contributed by atoms with Gasteiger partial charge in [0.15, 0.2) is 0 Å². The van der Waals surface area contributed by atoms with Gasteiger partial charge in [-0.3, -0.25) is 4.90 Å². The van der Waals surface area contributed by atoms with Crippen molar-refractivity contribution >= 4 is 12.0 Å². The van der Waals surface area contributed by atoms with Crippen molar-refractivity contribution in [3.05, 3.63) is 0 Å². The molecule has 2 atom stereocenters. The van der Waals surface area contributed by atoms with Crippen molar-refractivity contribution in [3.8, 4) is 0 Å². The number of carboxylic acids is 1. The molecule has 1 rings (SSSR count). The first-order valence-corrected chi connectivity index (χ1v) is 7.33. The molecule has 6 nitrogen and oxygen atoms in total. The summed E-state index contributed by atoms with van der Waals surface area (Å²) in [5.41, 5.74) is 0. The van der Waals surface area contributed by atoms with Crippen molar-refractivity contribution in [2.75, 3.05) is 26.7 Å². The summed E-state index contributed by atoms with van der Waals surface area (Å²) in [4.78, 5) is 27.3.